The zero-order valence-electron chi connectivity index (χ0n) is 11.9. The topological polar surface area (TPSA) is 50.7 Å². The third-order valence-electron chi connectivity index (χ3n) is 2.80. The predicted molar refractivity (Wildman–Crippen MR) is 87.7 cm³/mol. The van der Waals surface area contributed by atoms with E-state index in [4.69, 9.17) is 14.6 Å². The van der Waals surface area contributed by atoms with Crippen molar-refractivity contribution >= 4 is 23.7 Å². The summed E-state index contributed by atoms with van der Waals surface area (Å²) in [6.07, 6.45) is 0. The SMILES string of the molecule is COc1cc(CNCCO)ccc1OCc1cccs1.Cl. The molecule has 1 aromatic carbocycles. The number of ether oxygens (including phenoxy) is 2. The van der Waals surface area contributed by atoms with E-state index in [1.807, 2.05) is 35.7 Å². The molecular formula is C15H20ClNO3S. The van der Waals surface area contributed by atoms with Crippen LogP contribution in [0.25, 0.3) is 0 Å². The van der Waals surface area contributed by atoms with Crippen molar-refractivity contribution in [3.63, 3.8) is 0 Å². The lowest BCUT2D eigenvalue weighted by Gasteiger charge is -2.12. The maximum absolute atomic E-state index is 8.74. The largest absolute Gasteiger partial charge is 0.493 e. The second kappa shape index (κ2) is 9.63. The molecule has 4 nitrogen and oxygen atoms in total. The molecule has 0 unspecified atom stereocenters. The van der Waals surface area contributed by atoms with Crippen LogP contribution in [0.3, 0.4) is 0 Å². The van der Waals surface area contributed by atoms with Crippen LogP contribution in [0, 0.1) is 0 Å². The average molecular weight is 330 g/mol. The van der Waals surface area contributed by atoms with Gasteiger partial charge in [0.25, 0.3) is 0 Å². The Bertz CT molecular complexity index is 520. The fraction of sp³-hybridized carbons (Fsp3) is 0.333. The van der Waals surface area contributed by atoms with Gasteiger partial charge in [-0.3, -0.25) is 0 Å². The molecule has 1 heterocycles. The van der Waals surface area contributed by atoms with Crippen molar-refractivity contribution in [2.24, 2.45) is 0 Å². The number of thiophene rings is 1. The molecule has 0 aliphatic heterocycles. The Morgan fingerprint density at radius 1 is 1.24 bits per heavy atom. The Morgan fingerprint density at radius 3 is 2.76 bits per heavy atom. The molecule has 1 aromatic heterocycles. The van der Waals surface area contributed by atoms with Gasteiger partial charge in [0.2, 0.25) is 0 Å². The first-order chi connectivity index (χ1) is 9.83. The van der Waals surface area contributed by atoms with Crippen LogP contribution < -0.4 is 14.8 Å². The molecule has 0 bridgehead atoms. The fourth-order valence-corrected chi connectivity index (χ4v) is 2.41. The van der Waals surface area contributed by atoms with E-state index < -0.39 is 0 Å². The zero-order valence-corrected chi connectivity index (χ0v) is 13.5. The highest BCUT2D eigenvalue weighted by Crippen LogP contribution is 2.29. The maximum Gasteiger partial charge on any atom is 0.161 e. The molecule has 0 aliphatic rings. The number of rotatable bonds is 8. The van der Waals surface area contributed by atoms with Crippen LogP contribution in [0.1, 0.15) is 10.4 Å². The summed E-state index contributed by atoms with van der Waals surface area (Å²) in [7, 11) is 1.64. The molecule has 0 amide bonds. The van der Waals surface area contributed by atoms with Crippen LogP contribution in [0.5, 0.6) is 11.5 Å². The Balaban J connectivity index is 0.00000220. The molecule has 0 atom stereocenters. The molecule has 116 valence electrons. The van der Waals surface area contributed by atoms with Crippen LogP contribution in [0.2, 0.25) is 0 Å². The third kappa shape index (κ3) is 5.55. The molecule has 0 spiro atoms. The van der Waals surface area contributed by atoms with E-state index in [-0.39, 0.29) is 19.0 Å². The van der Waals surface area contributed by atoms with E-state index in [0.29, 0.717) is 19.7 Å². The molecule has 6 heteroatoms. The molecule has 0 radical (unpaired) electrons. The molecule has 0 aliphatic carbocycles. The summed E-state index contributed by atoms with van der Waals surface area (Å²) in [5.41, 5.74) is 1.10. The van der Waals surface area contributed by atoms with Gasteiger partial charge in [0, 0.05) is 18.0 Å². The Labute approximate surface area is 135 Å². The van der Waals surface area contributed by atoms with Crippen LogP contribution in [0.15, 0.2) is 35.7 Å². The number of aliphatic hydroxyl groups excluding tert-OH is 1. The summed E-state index contributed by atoms with van der Waals surface area (Å²) in [6.45, 7) is 1.97. The van der Waals surface area contributed by atoms with Crippen molar-refractivity contribution in [3.05, 3.63) is 46.2 Å². The van der Waals surface area contributed by atoms with Gasteiger partial charge in [-0.1, -0.05) is 12.1 Å². The van der Waals surface area contributed by atoms with Crippen molar-refractivity contribution in [2.45, 2.75) is 13.2 Å². The van der Waals surface area contributed by atoms with Crippen molar-refractivity contribution in [1.82, 2.24) is 5.32 Å². The van der Waals surface area contributed by atoms with Crippen molar-refractivity contribution in [3.8, 4) is 11.5 Å². The molecule has 2 rings (SSSR count). The van der Waals surface area contributed by atoms with E-state index in [9.17, 15) is 0 Å². The second-order valence-electron chi connectivity index (χ2n) is 4.25. The standard InChI is InChI=1S/C15H19NO3S.ClH/c1-18-15-9-12(10-16-6-7-17)4-5-14(15)19-11-13-3-2-8-20-13;/h2-5,8-9,16-17H,6-7,10-11H2,1H3;1H. The highest BCUT2D eigenvalue weighted by Gasteiger charge is 2.06. The zero-order chi connectivity index (χ0) is 14.2. The van der Waals surface area contributed by atoms with Crippen molar-refractivity contribution in [1.29, 1.82) is 0 Å². The van der Waals surface area contributed by atoms with Gasteiger partial charge in [-0.25, -0.2) is 0 Å². The molecular weight excluding hydrogens is 310 g/mol. The highest BCUT2D eigenvalue weighted by atomic mass is 35.5. The monoisotopic (exact) mass is 329 g/mol. The molecule has 2 aromatic rings. The van der Waals surface area contributed by atoms with Crippen LogP contribution in [-0.2, 0) is 13.2 Å². The number of aliphatic hydroxyl groups is 1. The highest BCUT2D eigenvalue weighted by molar-refractivity contribution is 7.09. The van der Waals surface area contributed by atoms with E-state index in [1.54, 1.807) is 18.4 Å². The van der Waals surface area contributed by atoms with Gasteiger partial charge in [-0.2, -0.15) is 0 Å². The van der Waals surface area contributed by atoms with Gasteiger partial charge >= 0.3 is 0 Å². The summed E-state index contributed by atoms with van der Waals surface area (Å²) in [5, 5.41) is 13.9. The number of hydrogen-bond donors (Lipinski definition) is 2. The van der Waals surface area contributed by atoms with E-state index in [1.165, 1.54) is 4.88 Å². The number of benzene rings is 1. The number of methoxy groups -OCH3 is 1. The molecule has 2 N–H and O–H groups in total. The van der Waals surface area contributed by atoms with E-state index in [0.717, 1.165) is 17.1 Å². The number of halogens is 1. The molecule has 0 fully saturated rings. The molecule has 0 saturated heterocycles. The third-order valence-corrected chi connectivity index (χ3v) is 3.65. The van der Waals surface area contributed by atoms with E-state index in [2.05, 4.69) is 5.32 Å². The number of hydrogen-bond acceptors (Lipinski definition) is 5. The molecule has 21 heavy (non-hydrogen) atoms. The average Bonchev–Trinajstić information content (AvgIpc) is 2.99. The Morgan fingerprint density at radius 2 is 2.10 bits per heavy atom. The minimum Gasteiger partial charge on any atom is -0.493 e. The number of nitrogens with one attached hydrogen (secondary N) is 1. The summed E-state index contributed by atoms with van der Waals surface area (Å²) < 4.78 is 11.1. The van der Waals surface area contributed by atoms with Crippen LogP contribution in [0.4, 0.5) is 0 Å². The van der Waals surface area contributed by atoms with Gasteiger partial charge in [0.15, 0.2) is 11.5 Å². The smallest absolute Gasteiger partial charge is 0.161 e. The lowest BCUT2D eigenvalue weighted by atomic mass is 10.2. The minimum atomic E-state index is 0. The van der Waals surface area contributed by atoms with Gasteiger partial charge in [-0.05, 0) is 29.1 Å². The normalized spacial score (nSPS) is 10.0. The van der Waals surface area contributed by atoms with Crippen molar-refractivity contribution < 1.29 is 14.6 Å². The quantitative estimate of drug-likeness (QED) is 0.731. The second-order valence-corrected chi connectivity index (χ2v) is 5.29. The summed E-state index contributed by atoms with van der Waals surface area (Å²) in [5.74, 6) is 1.47. The molecule has 0 saturated carbocycles. The van der Waals surface area contributed by atoms with Crippen LogP contribution >= 0.6 is 23.7 Å². The Hall–Kier alpha value is -1.27. The van der Waals surface area contributed by atoms with E-state index >= 15 is 0 Å². The summed E-state index contributed by atoms with van der Waals surface area (Å²) >= 11 is 1.67. The fourth-order valence-electron chi connectivity index (χ4n) is 1.80. The van der Waals surface area contributed by atoms with Gasteiger partial charge in [-0.15, -0.1) is 23.7 Å². The van der Waals surface area contributed by atoms with Gasteiger partial charge in [0.1, 0.15) is 6.61 Å². The van der Waals surface area contributed by atoms with Crippen molar-refractivity contribution in [2.75, 3.05) is 20.3 Å². The van der Waals surface area contributed by atoms with Gasteiger partial charge < -0.3 is 19.9 Å². The summed E-state index contributed by atoms with van der Waals surface area (Å²) in [6, 6.07) is 9.92. The van der Waals surface area contributed by atoms with Crippen LogP contribution in [-0.4, -0.2) is 25.4 Å². The van der Waals surface area contributed by atoms with Gasteiger partial charge in [0.05, 0.1) is 13.7 Å². The minimum absolute atomic E-state index is 0. The summed E-state index contributed by atoms with van der Waals surface area (Å²) in [4.78, 5) is 1.18. The lowest BCUT2D eigenvalue weighted by molar-refractivity contribution is 0.286. The maximum atomic E-state index is 8.74. The first-order valence-electron chi connectivity index (χ1n) is 6.47. The lowest BCUT2D eigenvalue weighted by Crippen LogP contribution is -2.17. The Kier molecular flexibility index (Phi) is 8.15. The first-order valence-corrected chi connectivity index (χ1v) is 7.35. The first kappa shape index (κ1) is 17.8. The predicted octanol–water partition coefficient (Wildman–Crippen LogP) is 2.84.